The van der Waals surface area contributed by atoms with E-state index in [4.69, 9.17) is 0 Å². The quantitative estimate of drug-likeness (QED) is 0.520. The molecule has 0 atom stereocenters. The minimum absolute atomic E-state index is 0.225. The largest absolute Gasteiger partial charge is 0.296 e. The predicted octanol–water partition coefficient (Wildman–Crippen LogP) is 4.38. The lowest BCUT2D eigenvalue weighted by Gasteiger charge is -2.02. The number of anilines is 1. The molecule has 0 radical (unpaired) electrons. The molecule has 1 N–H and O–H groups in total. The highest BCUT2D eigenvalue weighted by atomic mass is 32.2. The third-order valence-electron chi connectivity index (χ3n) is 3.99. The van der Waals surface area contributed by atoms with E-state index in [1.54, 1.807) is 12.1 Å². The van der Waals surface area contributed by atoms with Crippen molar-refractivity contribution in [3.8, 4) is 10.4 Å². The highest BCUT2D eigenvalue weighted by Gasteiger charge is 2.20. The first-order chi connectivity index (χ1) is 13.3. The molecule has 0 saturated heterocycles. The van der Waals surface area contributed by atoms with Gasteiger partial charge in [0.05, 0.1) is 25.0 Å². The predicted molar refractivity (Wildman–Crippen MR) is 113 cm³/mol. The molecule has 142 valence electrons. The van der Waals surface area contributed by atoms with Gasteiger partial charge in [0, 0.05) is 6.26 Å². The van der Waals surface area contributed by atoms with Crippen LogP contribution in [0.15, 0.2) is 53.4 Å². The number of rotatable bonds is 4. The van der Waals surface area contributed by atoms with Crippen LogP contribution >= 0.6 is 22.7 Å². The van der Waals surface area contributed by atoms with Crippen LogP contribution < -0.4 is 5.32 Å². The Balaban J connectivity index is 1.66. The Kier molecular flexibility index (Phi) is 4.74. The van der Waals surface area contributed by atoms with Crippen LogP contribution in [0.3, 0.4) is 0 Å². The monoisotopic (exact) mass is 429 g/mol. The summed E-state index contributed by atoms with van der Waals surface area (Å²) in [6.07, 6.45) is 1.16. The Morgan fingerprint density at radius 2 is 1.79 bits per heavy atom. The topological polar surface area (TPSA) is 89.0 Å². The molecule has 2 aromatic carbocycles. The lowest BCUT2D eigenvalue weighted by Crippen LogP contribution is -2.13. The smallest absolute Gasteiger partial charge is 0.277 e. The maximum Gasteiger partial charge on any atom is 0.277 e. The van der Waals surface area contributed by atoms with Gasteiger partial charge >= 0.3 is 0 Å². The second-order valence-corrected chi connectivity index (χ2v) is 10.4. The number of thiazole rings is 2. The van der Waals surface area contributed by atoms with Gasteiger partial charge in [0.1, 0.15) is 5.69 Å². The number of aromatic nitrogens is 2. The number of sulfone groups is 1. The van der Waals surface area contributed by atoms with E-state index in [1.807, 2.05) is 37.3 Å². The zero-order chi connectivity index (χ0) is 19.9. The van der Waals surface area contributed by atoms with Gasteiger partial charge in [-0.05, 0) is 30.7 Å². The SMILES string of the molecule is Cc1nc(C(=O)Nc2nc3ccc(S(C)(=O)=O)cc3s2)c(-c2ccccc2)s1. The molecule has 1 amide bonds. The van der Waals surface area contributed by atoms with Gasteiger partial charge in [0.2, 0.25) is 0 Å². The van der Waals surface area contributed by atoms with Gasteiger partial charge in [-0.25, -0.2) is 18.4 Å². The number of nitrogens with zero attached hydrogens (tertiary/aromatic N) is 2. The van der Waals surface area contributed by atoms with Crippen LogP contribution in [0.4, 0.5) is 5.13 Å². The first-order valence-electron chi connectivity index (χ1n) is 8.26. The van der Waals surface area contributed by atoms with E-state index in [0.29, 0.717) is 21.0 Å². The van der Waals surface area contributed by atoms with Crippen molar-refractivity contribution >= 4 is 53.8 Å². The molecule has 0 aliphatic carbocycles. The summed E-state index contributed by atoms with van der Waals surface area (Å²) in [5, 5.41) is 3.99. The summed E-state index contributed by atoms with van der Waals surface area (Å²) in [5.74, 6) is -0.342. The van der Waals surface area contributed by atoms with Gasteiger partial charge in [0.15, 0.2) is 15.0 Å². The zero-order valence-corrected chi connectivity index (χ0v) is 17.4. The van der Waals surface area contributed by atoms with E-state index >= 15 is 0 Å². The Morgan fingerprint density at radius 1 is 1.04 bits per heavy atom. The van der Waals surface area contributed by atoms with Crippen LogP contribution in [-0.2, 0) is 9.84 Å². The third-order valence-corrected chi connectivity index (χ3v) is 7.06. The fourth-order valence-corrected chi connectivity index (χ4v) is 5.25. The van der Waals surface area contributed by atoms with E-state index in [0.717, 1.165) is 21.7 Å². The summed E-state index contributed by atoms with van der Waals surface area (Å²) in [6.45, 7) is 1.86. The lowest BCUT2D eigenvalue weighted by atomic mass is 10.1. The van der Waals surface area contributed by atoms with Gasteiger partial charge in [-0.1, -0.05) is 41.7 Å². The van der Waals surface area contributed by atoms with Gasteiger partial charge in [0.25, 0.3) is 5.91 Å². The number of carbonyl (C=O) groups is 1. The summed E-state index contributed by atoms with van der Waals surface area (Å²) >= 11 is 2.69. The normalized spacial score (nSPS) is 11.6. The highest BCUT2D eigenvalue weighted by Crippen LogP contribution is 2.32. The van der Waals surface area contributed by atoms with Crippen LogP contribution in [0.1, 0.15) is 15.5 Å². The summed E-state index contributed by atoms with van der Waals surface area (Å²) in [6, 6.07) is 14.4. The molecule has 9 heteroatoms. The van der Waals surface area contributed by atoms with Crippen molar-refractivity contribution in [1.82, 2.24) is 9.97 Å². The third kappa shape index (κ3) is 3.68. The first-order valence-corrected chi connectivity index (χ1v) is 11.8. The summed E-state index contributed by atoms with van der Waals surface area (Å²) in [7, 11) is -3.30. The zero-order valence-electron chi connectivity index (χ0n) is 15.0. The van der Waals surface area contributed by atoms with Gasteiger partial charge in [-0.2, -0.15) is 0 Å². The molecule has 4 rings (SSSR count). The first kappa shape index (κ1) is 18.7. The molecule has 2 aromatic heterocycles. The number of carbonyl (C=O) groups excluding carboxylic acids is 1. The average Bonchev–Trinajstić information content (AvgIpc) is 3.23. The van der Waals surface area contributed by atoms with Crippen LogP contribution in [0, 0.1) is 6.92 Å². The van der Waals surface area contributed by atoms with E-state index < -0.39 is 9.84 Å². The molecule has 0 aliphatic heterocycles. The molecule has 0 unspecified atom stereocenters. The fraction of sp³-hybridized carbons (Fsp3) is 0.105. The van der Waals surface area contributed by atoms with E-state index in [-0.39, 0.29) is 10.8 Å². The Bertz CT molecular complexity index is 1290. The van der Waals surface area contributed by atoms with Crippen LogP contribution in [0.25, 0.3) is 20.7 Å². The van der Waals surface area contributed by atoms with Crippen molar-refractivity contribution in [2.45, 2.75) is 11.8 Å². The number of aryl methyl sites for hydroxylation is 1. The fourth-order valence-electron chi connectivity index (χ4n) is 2.71. The number of hydrogen-bond acceptors (Lipinski definition) is 7. The molecule has 4 aromatic rings. The van der Waals surface area contributed by atoms with E-state index in [2.05, 4.69) is 15.3 Å². The minimum atomic E-state index is -3.30. The molecule has 0 saturated carbocycles. The average molecular weight is 430 g/mol. The molecule has 28 heavy (non-hydrogen) atoms. The lowest BCUT2D eigenvalue weighted by molar-refractivity contribution is 0.102. The van der Waals surface area contributed by atoms with Crippen molar-refractivity contribution in [3.05, 3.63) is 59.2 Å². The number of fused-ring (bicyclic) bond motifs is 1. The summed E-state index contributed by atoms with van der Waals surface area (Å²) < 4.78 is 24.1. The summed E-state index contributed by atoms with van der Waals surface area (Å²) in [4.78, 5) is 22.6. The molecule has 0 aliphatic rings. The van der Waals surface area contributed by atoms with Gasteiger partial charge in [-0.3, -0.25) is 10.1 Å². The van der Waals surface area contributed by atoms with Crippen molar-refractivity contribution in [2.75, 3.05) is 11.6 Å². The maximum atomic E-state index is 12.8. The highest BCUT2D eigenvalue weighted by molar-refractivity contribution is 7.90. The molecule has 0 fully saturated rings. The van der Waals surface area contributed by atoms with E-state index in [9.17, 15) is 13.2 Å². The molecule has 0 spiro atoms. The molecule has 0 bridgehead atoms. The van der Waals surface area contributed by atoms with Crippen molar-refractivity contribution in [3.63, 3.8) is 0 Å². The van der Waals surface area contributed by atoms with Crippen molar-refractivity contribution in [2.24, 2.45) is 0 Å². The molecule has 2 heterocycles. The standard InChI is InChI=1S/C19H15N3O3S3/c1-11-20-16(17(26-11)12-6-4-3-5-7-12)18(23)22-19-21-14-9-8-13(28(2,24)25)10-15(14)27-19/h3-10H,1-2H3,(H,21,22,23). The number of nitrogens with one attached hydrogen (secondary N) is 1. The Labute approximate surface area is 169 Å². The van der Waals surface area contributed by atoms with Gasteiger partial charge in [-0.15, -0.1) is 11.3 Å². The van der Waals surface area contributed by atoms with Crippen LogP contribution in [0.5, 0.6) is 0 Å². The number of hydrogen-bond donors (Lipinski definition) is 1. The van der Waals surface area contributed by atoms with Gasteiger partial charge < -0.3 is 0 Å². The number of amides is 1. The minimum Gasteiger partial charge on any atom is -0.296 e. The number of benzene rings is 2. The Morgan fingerprint density at radius 3 is 2.50 bits per heavy atom. The second-order valence-electron chi connectivity index (χ2n) is 6.15. The molecular formula is C19H15N3O3S3. The second kappa shape index (κ2) is 7.08. The summed E-state index contributed by atoms with van der Waals surface area (Å²) in [5.41, 5.74) is 1.91. The van der Waals surface area contributed by atoms with Crippen LogP contribution in [0.2, 0.25) is 0 Å². The van der Waals surface area contributed by atoms with Crippen LogP contribution in [-0.4, -0.2) is 30.5 Å². The van der Waals surface area contributed by atoms with E-state index in [1.165, 1.54) is 28.7 Å². The molecular weight excluding hydrogens is 414 g/mol. The van der Waals surface area contributed by atoms with Crippen molar-refractivity contribution in [1.29, 1.82) is 0 Å². The molecule has 6 nitrogen and oxygen atoms in total. The maximum absolute atomic E-state index is 12.8. The Hall–Kier alpha value is -2.62. The van der Waals surface area contributed by atoms with Crippen molar-refractivity contribution < 1.29 is 13.2 Å².